The highest BCUT2D eigenvalue weighted by molar-refractivity contribution is 6.01. The summed E-state index contributed by atoms with van der Waals surface area (Å²) in [6.07, 6.45) is 1.59. The van der Waals surface area contributed by atoms with Crippen molar-refractivity contribution in [2.75, 3.05) is 0 Å². The molecule has 0 N–H and O–H groups in total. The molecule has 0 aliphatic carbocycles. The van der Waals surface area contributed by atoms with Gasteiger partial charge in [-0.25, -0.2) is 0 Å². The zero-order valence-corrected chi connectivity index (χ0v) is 8.20. The molecule has 0 unspecified atom stereocenters. The maximum Gasteiger partial charge on any atom is 0.323 e. The maximum absolute atomic E-state index is 11.7. The highest BCUT2D eigenvalue weighted by atomic mass is 16.6. The second kappa shape index (κ2) is 2.03. The van der Waals surface area contributed by atoms with Gasteiger partial charge in [0.25, 0.3) is 0 Å². The van der Waals surface area contributed by atoms with E-state index in [1.807, 2.05) is 6.92 Å². The molecule has 3 rings (SSSR count). The molecule has 4 nitrogen and oxygen atoms in total. The van der Waals surface area contributed by atoms with Crippen LogP contribution in [0.5, 0.6) is 0 Å². The van der Waals surface area contributed by atoms with Gasteiger partial charge in [-0.15, -0.1) is 0 Å². The summed E-state index contributed by atoms with van der Waals surface area (Å²) >= 11 is 0. The van der Waals surface area contributed by atoms with E-state index in [-0.39, 0.29) is 12.0 Å². The van der Waals surface area contributed by atoms with Gasteiger partial charge in [0.05, 0.1) is 11.7 Å². The molecule has 0 aromatic heterocycles. The van der Waals surface area contributed by atoms with Gasteiger partial charge < -0.3 is 9.47 Å². The van der Waals surface area contributed by atoms with E-state index in [1.165, 1.54) is 0 Å². The smallest absolute Gasteiger partial charge is 0.323 e. The number of hydrogen-bond donors (Lipinski definition) is 0. The van der Waals surface area contributed by atoms with Gasteiger partial charge in [-0.3, -0.25) is 9.59 Å². The summed E-state index contributed by atoms with van der Waals surface area (Å²) < 4.78 is 10.5. The van der Waals surface area contributed by atoms with Crippen molar-refractivity contribution in [2.45, 2.75) is 38.4 Å². The number of hydrogen-bond acceptors (Lipinski definition) is 4. The van der Waals surface area contributed by atoms with E-state index in [0.29, 0.717) is 0 Å². The molecule has 14 heavy (non-hydrogen) atoms. The van der Waals surface area contributed by atoms with Crippen molar-refractivity contribution in [3.05, 3.63) is 0 Å². The van der Waals surface area contributed by atoms with Crippen molar-refractivity contribution < 1.29 is 19.1 Å². The van der Waals surface area contributed by atoms with Crippen LogP contribution in [0.2, 0.25) is 0 Å². The summed E-state index contributed by atoms with van der Waals surface area (Å²) in [7, 11) is 0. The monoisotopic (exact) mass is 196 g/mol. The Kier molecular flexibility index (Phi) is 1.22. The Morgan fingerprint density at radius 1 is 1.36 bits per heavy atom. The second-order valence-corrected chi connectivity index (χ2v) is 4.81. The number of rotatable bonds is 0. The van der Waals surface area contributed by atoms with Crippen LogP contribution in [-0.4, -0.2) is 23.6 Å². The highest BCUT2D eigenvalue weighted by Gasteiger charge is 2.74. The second-order valence-electron chi connectivity index (χ2n) is 4.81. The summed E-state index contributed by atoms with van der Waals surface area (Å²) in [6.45, 7) is 3.71. The minimum Gasteiger partial charge on any atom is -0.392 e. The SMILES string of the molecule is C[C@@]12CC[C@@H](O1)[C@@H]1C(=O)OC(=O)[C@]12C. The largest absolute Gasteiger partial charge is 0.392 e. The molecular formula is C10H12O4. The lowest BCUT2D eigenvalue weighted by Crippen LogP contribution is -2.47. The summed E-state index contributed by atoms with van der Waals surface area (Å²) in [6, 6.07) is 0. The lowest BCUT2D eigenvalue weighted by Gasteiger charge is -2.34. The Morgan fingerprint density at radius 2 is 2.07 bits per heavy atom. The van der Waals surface area contributed by atoms with Gasteiger partial charge in [0.1, 0.15) is 11.3 Å². The van der Waals surface area contributed by atoms with Crippen LogP contribution in [0.1, 0.15) is 26.7 Å². The van der Waals surface area contributed by atoms with Crippen molar-refractivity contribution in [3.63, 3.8) is 0 Å². The molecule has 0 saturated carbocycles. The van der Waals surface area contributed by atoms with Crippen LogP contribution < -0.4 is 0 Å². The van der Waals surface area contributed by atoms with E-state index in [2.05, 4.69) is 0 Å². The Balaban J connectivity index is 2.18. The number of carbonyl (C=O) groups excluding carboxylic acids is 2. The van der Waals surface area contributed by atoms with Gasteiger partial charge in [-0.05, 0) is 26.7 Å². The summed E-state index contributed by atoms with van der Waals surface area (Å²) in [5, 5.41) is 0. The van der Waals surface area contributed by atoms with Gasteiger partial charge in [-0.2, -0.15) is 0 Å². The fourth-order valence-electron chi connectivity index (χ4n) is 3.18. The van der Waals surface area contributed by atoms with Crippen LogP contribution in [0.3, 0.4) is 0 Å². The van der Waals surface area contributed by atoms with E-state index in [9.17, 15) is 9.59 Å². The van der Waals surface area contributed by atoms with E-state index in [0.717, 1.165) is 12.8 Å². The molecule has 0 radical (unpaired) electrons. The first-order valence-corrected chi connectivity index (χ1v) is 4.93. The number of fused-ring (bicyclic) bond motifs is 5. The minimum atomic E-state index is -0.743. The standard InChI is InChI=1S/C10H12O4/c1-9-4-3-5(14-9)6-7(11)13-8(12)10(6,9)2/h5-6H,3-4H2,1-2H3/t5-,6-,9+,10+/m1/s1. The molecule has 4 heteroatoms. The summed E-state index contributed by atoms with van der Waals surface area (Å²) in [5.41, 5.74) is -1.24. The van der Waals surface area contributed by atoms with Crippen LogP contribution in [0.15, 0.2) is 0 Å². The predicted octanol–water partition coefficient (Wildman–Crippen LogP) is 0.644. The van der Waals surface area contributed by atoms with Crippen LogP contribution in [0.25, 0.3) is 0 Å². The van der Waals surface area contributed by atoms with Crippen LogP contribution in [-0.2, 0) is 19.1 Å². The Hall–Kier alpha value is -0.900. The van der Waals surface area contributed by atoms with Gasteiger partial charge >= 0.3 is 11.9 Å². The number of ether oxygens (including phenoxy) is 2. The van der Waals surface area contributed by atoms with Crippen LogP contribution in [0, 0.1) is 11.3 Å². The molecule has 3 saturated heterocycles. The average molecular weight is 196 g/mol. The normalized spacial score (nSPS) is 55.0. The highest BCUT2D eigenvalue weighted by Crippen LogP contribution is 2.61. The third-order valence-electron chi connectivity index (χ3n) is 4.28. The summed E-state index contributed by atoms with van der Waals surface area (Å²) in [5.74, 6) is -1.17. The lowest BCUT2D eigenvalue weighted by molar-refractivity contribution is -0.162. The maximum atomic E-state index is 11.7. The minimum absolute atomic E-state index is 0.107. The van der Waals surface area contributed by atoms with Crippen molar-refractivity contribution in [1.29, 1.82) is 0 Å². The molecule has 3 aliphatic rings. The molecule has 0 spiro atoms. The lowest BCUT2D eigenvalue weighted by atomic mass is 9.62. The first-order chi connectivity index (χ1) is 6.49. The van der Waals surface area contributed by atoms with Crippen molar-refractivity contribution in [2.24, 2.45) is 11.3 Å². The van der Waals surface area contributed by atoms with Gasteiger partial charge in [0.2, 0.25) is 0 Å². The number of carbonyl (C=O) groups is 2. The zero-order valence-electron chi connectivity index (χ0n) is 8.20. The molecule has 3 heterocycles. The molecule has 3 fully saturated rings. The van der Waals surface area contributed by atoms with Gasteiger partial charge in [-0.1, -0.05) is 0 Å². The first kappa shape index (κ1) is 8.41. The Labute approximate surface area is 81.6 Å². The topological polar surface area (TPSA) is 52.6 Å². The molecule has 3 aliphatic heterocycles. The zero-order chi connectivity index (χ0) is 10.1. The van der Waals surface area contributed by atoms with Crippen LogP contribution >= 0.6 is 0 Å². The Morgan fingerprint density at radius 3 is 2.71 bits per heavy atom. The third-order valence-corrected chi connectivity index (χ3v) is 4.28. The predicted molar refractivity (Wildman–Crippen MR) is 45.2 cm³/mol. The number of cyclic esters (lactones) is 2. The molecular weight excluding hydrogens is 184 g/mol. The van der Waals surface area contributed by atoms with Gasteiger partial charge in [0.15, 0.2) is 0 Å². The molecule has 0 aromatic carbocycles. The Bertz CT molecular complexity index is 350. The molecule has 76 valence electrons. The number of esters is 2. The first-order valence-electron chi connectivity index (χ1n) is 4.93. The third kappa shape index (κ3) is 0.610. The van der Waals surface area contributed by atoms with E-state index in [4.69, 9.17) is 9.47 Å². The molecule has 4 atom stereocenters. The quantitative estimate of drug-likeness (QED) is 0.421. The molecule has 0 amide bonds. The fraction of sp³-hybridized carbons (Fsp3) is 0.800. The van der Waals surface area contributed by atoms with Crippen molar-refractivity contribution in [1.82, 2.24) is 0 Å². The van der Waals surface area contributed by atoms with E-state index >= 15 is 0 Å². The van der Waals surface area contributed by atoms with E-state index in [1.54, 1.807) is 6.92 Å². The molecule has 2 bridgehead atoms. The average Bonchev–Trinajstić information content (AvgIpc) is 2.63. The van der Waals surface area contributed by atoms with Crippen LogP contribution in [0.4, 0.5) is 0 Å². The van der Waals surface area contributed by atoms with E-state index < -0.39 is 23.0 Å². The molecule has 0 aromatic rings. The van der Waals surface area contributed by atoms with Crippen molar-refractivity contribution >= 4 is 11.9 Å². The summed E-state index contributed by atoms with van der Waals surface area (Å²) in [4.78, 5) is 23.1. The van der Waals surface area contributed by atoms with Gasteiger partial charge in [0, 0.05) is 0 Å². The van der Waals surface area contributed by atoms with Crippen molar-refractivity contribution in [3.8, 4) is 0 Å². The fourth-order valence-corrected chi connectivity index (χ4v) is 3.18.